The summed E-state index contributed by atoms with van der Waals surface area (Å²) >= 11 is 0. The van der Waals surface area contributed by atoms with Gasteiger partial charge in [-0.05, 0) is 58.6 Å². The molecule has 0 aliphatic heterocycles. The maximum Gasteiger partial charge on any atom is 0.391 e. The maximum absolute atomic E-state index is 14.3. The van der Waals surface area contributed by atoms with Gasteiger partial charge in [0.15, 0.2) is 0 Å². The molecule has 0 aliphatic rings. The van der Waals surface area contributed by atoms with Crippen LogP contribution in [0.1, 0.15) is 83.4 Å². The van der Waals surface area contributed by atoms with Crippen molar-refractivity contribution in [3.8, 4) is 0 Å². The quantitative estimate of drug-likeness (QED) is 0.0604. The van der Waals surface area contributed by atoms with Gasteiger partial charge in [-0.25, -0.2) is 0 Å². The predicted octanol–water partition coefficient (Wildman–Crippen LogP) is 3.43. The van der Waals surface area contributed by atoms with Gasteiger partial charge in [0.05, 0.1) is 25.3 Å². The van der Waals surface area contributed by atoms with Gasteiger partial charge in [-0.15, -0.1) is 0 Å². The number of fused-ring (bicyclic) bond motifs is 1. The van der Waals surface area contributed by atoms with Crippen molar-refractivity contribution in [2.24, 2.45) is 11.3 Å². The zero-order chi connectivity index (χ0) is 50.2. The number of rotatable bonds is 24. The summed E-state index contributed by atoms with van der Waals surface area (Å²) in [6.45, 7) is 9.81. The standard InChI is InChI=1S/C47H59F3N6O11/c1-26(2)19-34(42(64)51-32(25-57)24-47(48,49)50)55-45(67)40(46(4,5)6)56-44(66)35(22-30-13-8-7-11-27(30)3)54-41(63)33(17-18-38(59)60)53-43(65)36(23-39(61)62)52-37(58)21-28-15-16-29-12-9-10-14-31(29)20-28/h7-16,20,25-26,32-36,40H,17-19,21-24H2,1-6H3,(H,51,64)(H,52,58)(H,53,65)(H,54,63)(H,55,67)(H,56,66)(H,59,60)(H,61,62)/t32-,33-,34-,35-,36-,40+/m0/s1. The Morgan fingerprint density at radius 3 is 1.81 bits per heavy atom. The summed E-state index contributed by atoms with van der Waals surface area (Å²) in [4.78, 5) is 118. The summed E-state index contributed by atoms with van der Waals surface area (Å²) in [5.41, 5.74) is 0.682. The molecule has 0 radical (unpaired) electrons. The summed E-state index contributed by atoms with van der Waals surface area (Å²) in [5, 5.41) is 35.3. The summed E-state index contributed by atoms with van der Waals surface area (Å²) in [5.74, 6) is -9.02. The largest absolute Gasteiger partial charge is 0.481 e. The van der Waals surface area contributed by atoms with Crippen molar-refractivity contribution in [1.82, 2.24) is 31.9 Å². The van der Waals surface area contributed by atoms with Gasteiger partial charge in [0, 0.05) is 12.8 Å². The number of aldehydes is 1. The van der Waals surface area contributed by atoms with Crippen LogP contribution in [0.15, 0.2) is 66.7 Å². The van der Waals surface area contributed by atoms with Gasteiger partial charge in [0.1, 0.15) is 36.5 Å². The number of carboxylic acid groups (broad SMARTS) is 2. The summed E-state index contributed by atoms with van der Waals surface area (Å²) < 4.78 is 39.3. The predicted molar refractivity (Wildman–Crippen MR) is 239 cm³/mol. The van der Waals surface area contributed by atoms with Crippen LogP contribution in [0.3, 0.4) is 0 Å². The lowest BCUT2D eigenvalue weighted by Crippen LogP contribution is -2.62. The average Bonchev–Trinajstić information content (AvgIpc) is 3.22. The van der Waals surface area contributed by atoms with Gasteiger partial charge in [0.25, 0.3) is 0 Å². The van der Waals surface area contributed by atoms with Crippen molar-refractivity contribution in [3.05, 3.63) is 83.4 Å². The third kappa shape index (κ3) is 18.5. The van der Waals surface area contributed by atoms with Crippen LogP contribution >= 0.6 is 0 Å². The summed E-state index contributed by atoms with van der Waals surface area (Å²) in [7, 11) is 0. The number of hydrogen-bond acceptors (Lipinski definition) is 9. The van der Waals surface area contributed by atoms with E-state index in [1.54, 1.807) is 84.0 Å². The van der Waals surface area contributed by atoms with Gasteiger partial charge in [-0.1, -0.05) is 101 Å². The molecule has 3 aromatic rings. The molecule has 3 aromatic carbocycles. The molecule has 0 fully saturated rings. The minimum Gasteiger partial charge on any atom is -0.481 e. The van der Waals surface area contributed by atoms with E-state index in [4.69, 9.17) is 0 Å². The minimum atomic E-state index is -4.79. The molecule has 6 amide bonds. The molecular formula is C47H59F3N6O11. The van der Waals surface area contributed by atoms with Crippen LogP contribution in [0.5, 0.6) is 0 Å². The van der Waals surface area contributed by atoms with Crippen LogP contribution in [-0.2, 0) is 56.0 Å². The Bertz CT molecular complexity index is 2280. The first-order valence-electron chi connectivity index (χ1n) is 21.5. The first kappa shape index (κ1) is 54.5. The molecule has 67 heavy (non-hydrogen) atoms. The Kier molecular flexibility index (Phi) is 20.0. The van der Waals surface area contributed by atoms with E-state index in [1.165, 1.54) is 0 Å². The highest BCUT2D eigenvalue weighted by Crippen LogP contribution is 2.23. The topological polar surface area (TPSA) is 266 Å². The molecule has 8 N–H and O–H groups in total. The van der Waals surface area contributed by atoms with Gasteiger partial charge < -0.3 is 46.9 Å². The highest BCUT2D eigenvalue weighted by molar-refractivity contribution is 5.98. The Balaban J connectivity index is 1.91. The van der Waals surface area contributed by atoms with Crippen LogP contribution in [-0.4, -0.2) is 106 Å². The third-order valence-corrected chi connectivity index (χ3v) is 10.5. The molecule has 0 unspecified atom stereocenters. The number of carboxylic acids is 2. The Hall–Kier alpha value is -6.86. The second-order valence-electron chi connectivity index (χ2n) is 17.8. The van der Waals surface area contributed by atoms with Crippen molar-refractivity contribution >= 4 is 64.4 Å². The Labute approximate surface area is 385 Å². The number of carbonyl (C=O) groups is 9. The normalized spacial score (nSPS) is 14.3. The Morgan fingerprint density at radius 2 is 1.22 bits per heavy atom. The molecule has 3 rings (SSSR count). The number of hydrogen-bond donors (Lipinski definition) is 8. The molecular weight excluding hydrogens is 882 g/mol. The van der Waals surface area contributed by atoms with E-state index in [-0.39, 0.29) is 31.5 Å². The van der Waals surface area contributed by atoms with E-state index in [9.17, 15) is 66.5 Å². The van der Waals surface area contributed by atoms with Crippen LogP contribution in [0.4, 0.5) is 13.2 Å². The lowest BCUT2D eigenvalue weighted by molar-refractivity contribution is -0.147. The number of nitrogens with one attached hydrogen (secondary N) is 6. The van der Waals surface area contributed by atoms with Crippen LogP contribution in [0, 0.1) is 18.3 Å². The van der Waals surface area contributed by atoms with E-state index in [2.05, 4.69) is 26.6 Å². The monoisotopic (exact) mass is 940 g/mol. The van der Waals surface area contributed by atoms with E-state index in [1.807, 2.05) is 29.6 Å². The second kappa shape index (κ2) is 24.6. The van der Waals surface area contributed by atoms with Crippen LogP contribution < -0.4 is 31.9 Å². The number of halogens is 3. The first-order chi connectivity index (χ1) is 31.3. The number of benzene rings is 3. The fraction of sp³-hybridized carbons (Fsp3) is 0.468. The van der Waals surface area contributed by atoms with Gasteiger partial charge in [-0.2, -0.15) is 13.2 Å². The van der Waals surface area contributed by atoms with Crippen molar-refractivity contribution in [3.63, 3.8) is 0 Å². The van der Waals surface area contributed by atoms with Crippen molar-refractivity contribution in [1.29, 1.82) is 0 Å². The molecule has 0 saturated carbocycles. The molecule has 0 saturated heterocycles. The fourth-order valence-corrected chi connectivity index (χ4v) is 7.05. The number of amides is 6. The Morgan fingerprint density at radius 1 is 0.657 bits per heavy atom. The number of carbonyl (C=O) groups excluding carboxylic acids is 7. The summed E-state index contributed by atoms with van der Waals surface area (Å²) in [6.07, 6.45) is -9.16. The maximum atomic E-state index is 14.3. The minimum absolute atomic E-state index is 0.0704. The second-order valence-corrected chi connectivity index (χ2v) is 17.8. The molecule has 6 atom stereocenters. The number of alkyl halides is 3. The van der Waals surface area contributed by atoms with E-state index >= 15 is 0 Å². The molecule has 0 heterocycles. The number of aliphatic carboxylic acids is 2. The zero-order valence-corrected chi connectivity index (χ0v) is 38.1. The van der Waals surface area contributed by atoms with Crippen LogP contribution in [0.2, 0.25) is 0 Å². The SMILES string of the molecule is Cc1ccccc1C[C@H](NC(=O)[C@H](CCC(=O)O)NC(=O)[C@H](CC(=O)O)NC(=O)Cc1ccc2ccccc2c1)C(=O)N[C@H](C(=O)N[C@@H](CC(C)C)C(=O)N[C@H](C=O)CC(F)(F)F)C(C)(C)C. The van der Waals surface area contributed by atoms with E-state index < -0.39 is 121 Å². The molecule has 20 heteroatoms. The van der Waals surface area contributed by atoms with Crippen molar-refractivity contribution in [2.45, 2.75) is 129 Å². The molecule has 0 aromatic heterocycles. The average molecular weight is 941 g/mol. The van der Waals surface area contributed by atoms with Crippen molar-refractivity contribution in [2.75, 3.05) is 0 Å². The van der Waals surface area contributed by atoms with Crippen molar-refractivity contribution < 1.29 is 66.5 Å². The smallest absolute Gasteiger partial charge is 0.391 e. The fourth-order valence-electron chi connectivity index (χ4n) is 7.05. The molecule has 17 nitrogen and oxygen atoms in total. The van der Waals surface area contributed by atoms with E-state index in [0.717, 1.165) is 10.8 Å². The molecule has 364 valence electrons. The molecule has 0 aliphatic carbocycles. The zero-order valence-electron chi connectivity index (χ0n) is 38.1. The highest BCUT2D eigenvalue weighted by Gasteiger charge is 2.39. The highest BCUT2D eigenvalue weighted by atomic mass is 19.4. The number of aryl methyl sites for hydroxylation is 1. The van der Waals surface area contributed by atoms with Gasteiger partial charge in [-0.3, -0.25) is 38.4 Å². The summed E-state index contributed by atoms with van der Waals surface area (Å²) in [6, 6.07) is 9.60. The molecule has 0 bridgehead atoms. The molecule has 0 spiro atoms. The lowest BCUT2D eigenvalue weighted by atomic mass is 9.85. The van der Waals surface area contributed by atoms with E-state index in [0.29, 0.717) is 16.7 Å². The first-order valence-corrected chi connectivity index (χ1v) is 21.5. The van der Waals surface area contributed by atoms with Gasteiger partial charge in [0.2, 0.25) is 35.4 Å². The van der Waals surface area contributed by atoms with Gasteiger partial charge >= 0.3 is 18.1 Å². The van der Waals surface area contributed by atoms with Crippen LogP contribution in [0.25, 0.3) is 10.8 Å². The lowest BCUT2D eigenvalue weighted by Gasteiger charge is -2.34. The third-order valence-electron chi connectivity index (χ3n) is 10.5.